The molecule has 1 saturated carbocycles. The molecule has 0 aromatic heterocycles. The average Bonchev–Trinajstić information content (AvgIpc) is 2.51. The Balaban J connectivity index is 0.00000242. The SMILES string of the molecule is Cl.NC1CCCC(C(=O)NCCCOCC2CCOCC2)C1. The van der Waals surface area contributed by atoms with Gasteiger partial charge >= 0.3 is 0 Å². The molecule has 1 amide bonds. The van der Waals surface area contributed by atoms with E-state index >= 15 is 0 Å². The summed E-state index contributed by atoms with van der Waals surface area (Å²) < 4.78 is 11.0. The molecule has 5 nitrogen and oxygen atoms in total. The molecule has 0 spiro atoms. The van der Waals surface area contributed by atoms with Crippen molar-refractivity contribution in [2.45, 2.75) is 51.0 Å². The highest BCUT2D eigenvalue weighted by atomic mass is 35.5. The molecule has 1 saturated heterocycles. The van der Waals surface area contributed by atoms with Crippen molar-refractivity contribution >= 4 is 18.3 Å². The van der Waals surface area contributed by atoms with Crippen LogP contribution in [-0.4, -0.2) is 44.9 Å². The van der Waals surface area contributed by atoms with E-state index in [1.807, 2.05) is 0 Å². The summed E-state index contributed by atoms with van der Waals surface area (Å²) in [7, 11) is 0. The molecule has 0 aromatic carbocycles. The standard InChI is InChI=1S/C16H30N2O3.ClH/c17-15-4-1-3-14(11-15)16(19)18-7-2-8-21-12-13-5-9-20-10-6-13;/h13-15H,1-12,17H2,(H,18,19);1H. The van der Waals surface area contributed by atoms with E-state index < -0.39 is 0 Å². The number of nitrogens with one attached hydrogen (secondary N) is 1. The van der Waals surface area contributed by atoms with E-state index in [0.29, 0.717) is 12.5 Å². The van der Waals surface area contributed by atoms with Crippen LogP contribution < -0.4 is 11.1 Å². The van der Waals surface area contributed by atoms with E-state index in [1.54, 1.807) is 0 Å². The summed E-state index contributed by atoms with van der Waals surface area (Å²) in [5.41, 5.74) is 5.92. The Bertz CT molecular complexity index is 312. The second-order valence-corrected chi connectivity index (χ2v) is 6.40. The van der Waals surface area contributed by atoms with Gasteiger partial charge in [-0.25, -0.2) is 0 Å². The predicted molar refractivity (Wildman–Crippen MR) is 89.2 cm³/mol. The van der Waals surface area contributed by atoms with E-state index in [9.17, 15) is 4.79 Å². The highest BCUT2D eigenvalue weighted by Gasteiger charge is 2.24. The van der Waals surface area contributed by atoms with Crippen LogP contribution >= 0.6 is 12.4 Å². The first-order chi connectivity index (χ1) is 10.3. The van der Waals surface area contributed by atoms with Gasteiger partial charge in [0.1, 0.15) is 0 Å². The maximum atomic E-state index is 12.0. The van der Waals surface area contributed by atoms with Crippen molar-refractivity contribution in [1.82, 2.24) is 5.32 Å². The second-order valence-electron chi connectivity index (χ2n) is 6.40. The van der Waals surface area contributed by atoms with E-state index in [4.69, 9.17) is 15.2 Å². The number of carbonyl (C=O) groups is 1. The molecule has 6 heteroatoms. The Morgan fingerprint density at radius 1 is 1.23 bits per heavy atom. The van der Waals surface area contributed by atoms with Crippen molar-refractivity contribution < 1.29 is 14.3 Å². The third-order valence-corrected chi connectivity index (χ3v) is 4.54. The zero-order chi connectivity index (χ0) is 14.9. The normalized spacial score (nSPS) is 26.2. The number of rotatable bonds is 7. The van der Waals surface area contributed by atoms with Gasteiger partial charge in [0.15, 0.2) is 0 Å². The molecule has 130 valence electrons. The minimum absolute atomic E-state index is 0. The molecule has 1 aliphatic carbocycles. The lowest BCUT2D eigenvalue weighted by molar-refractivity contribution is -0.126. The quantitative estimate of drug-likeness (QED) is 0.697. The smallest absolute Gasteiger partial charge is 0.223 e. The molecule has 0 radical (unpaired) electrons. The molecule has 0 bridgehead atoms. The second kappa shape index (κ2) is 11.2. The van der Waals surface area contributed by atoms with Gasteiger partial charge in [-0.05, 0) is 44.4 Å². The van der Waals surface area contributed by atoms with Crippen LogP contribution in [0.2, 0.25) is 0 Å². The van der Waals surface area contributed by atoms with Crippen LogP contribution in [0.25, 0.3) is 0 Å². The van der Waals surface area contributed by atoms with Crippen LogP contribution in [0, 0.1) is 11.8 Å². The van der Waals surface area contributed by atoms with Crippen molar-refractivity contribution in [3.63, 3.8) is 0 Å². The number of amides is 1. The first-order valence-electron chi connectivity index (χ1n) is 8.44. The molecule has 2 atom stereocenters. The van der Waals surface area contributed by atoms with Gasteiger partial charge in [-0.3, -0.25) is 4.79 Å². The van der Waals surface area contributed by atoms with Gasteiger partial charge in [0.2, 0.25) is 5.91 Å². The molecule has 22 heavy (non-hydrogen) atoms. The van der Waals surface area contributed by atoms with E-state index in [-0.39, 0.29) is 30.3 Å². The predicted octanol–water partition coefficient (Wildman–Crippen LogP) is 1.88. The largest absolute Gasteiger partial charge is 0.381 e. The maximum Gasteiger partial charge on any atom is 0.223 e. The van der Waals surface area contributed by atoms with Crippen LogP contribution in [0.1, 0.15) is 44.9 Å². The molecule has 3 N–H and O–H groups in total. The molecule has 1 heterocycles. The average molecular weight is 335 g/mol. The summed E-state index contributed by atoms with van der Waals surface area (Å²) in [6.07, 6.45) is 7.06. The van der Waals surface area contributed by atoms with Crippen LogP contribution in [0.5, 0.6) is 0 Å². The Labute approximate surface area is 140 Å². The summed E-state index contributed by atoms with van der Waals surface area (Å²) >= 11 is 0. The summed E-state index contributed by atoms with van der Waals surface area (Å²) in [6, 6.07) is 0.206. The lowest BCUT2D eigenvalue weighted by atomic mass is 9.85. The molecule has 2 fully saturated rings. The zero-order valence-electron chi connectivity index (χ0n) is 13.4. The highest BCUT2D eigenvalue weighted by Crippen LogP contribution is 2.23. The van der Waals surface area contributed by atoms with Gasteiger partial charge in [0.05, 0.1) is 0 Å². The minimum atomic E-state index is 0. The number of nitrogens with two attached hydrogens (primary N) is 1. The minimum Gasteiger partial charge on any atom is -0.381 e. The van der Waals surface area contributed by atoms with Gasteiger partial charge in [-0.2, -0.15) is 0 Å². The van der Waals surface area contributed by atoms with Crippen LogP contribution in [-0.2, 0) is 14.3 Å². The third kappa shape index (κ3) is 7.27. The lowest BCUT2D eigenvalue weighted by Gasteiger charge is -2.25. The molecule has 2 aliphatic rings. The van der Waals surface area contributed by atoms with Crippen molar-refractivity contribution in [3.8, 4) is 0 Å². The van der Waals surface area contributed by atoms with Gasteiger partial charge in [-0.15, -0.1) is 12.4 Å². The molecule has 2 rings (SSSR count). The summed E-state index contributed by atoms with van der Waals surface area (Å²) in [4.78, 5) is 12.0. The topological polar surface area (TPSA) is 73.6 Å². The molecule has 0 aromatic rings. The Hall–Kier alpha value is -0.360. The Morgan fingerprint density at radius 3 is 2.73 bits per heavy atom. The number of halogens is 1. The molecular formula is C16H31ClN2O3. The number of hydrogen-bond donors (Lipinski definition) is 2. The van der Waals surface area contributed by atoms with Gasteiger partial charge < -0.3 is 20.5 Å². The number of carbonyl (C=O) groups excluding carboxylic acids is 1. The Morgan fingerprint density at radius 2 is 2.00 bits per heavy atom. The van der Waals surface area contributed by atoms with Gasteiger partial charge in [-0.1, -0.05) is 6.42 Å². The first-order valence-corrected chi connectivity index (χ1v) is 8.44. The summed E-state index contributed by atoms with van der Waals surface area (Å²) in [5.74, 6) is 0.948. The van der Waals surface area contributed by atoms with E-state index in [1.165, 1.54) is 0 Å². The van der Waals surface area contributed by atoms with Gasteiger partial charge in [0, 0.05) is 44.9 Å². The number of hydrogen-bond acceptors (Lipinski definition) is 4. The zero-order valence-corrected chi connectivity index (χ0v) is 14.2. The van der Waals surface area contributed by atoms with Crippen molar-refractivity contribution in [3.05, 3.63) is 0 Å². The van der Waals surface area contributed by atoms with Crippen LogP contribution in [0.15, 0.2) is 0 Å². The van der Waals surface area contributed by atoms with Crippen LogP contribution in [0.3, 0.4) is 0 Å². The highest BCUT2D eigenvalue weighted by molar-refractivity contribution is 5.85. The lowest BCUT2D eigenvalue weighted by Crippen LogP contribution is -2.38. The van der Waals surface area contributed by atoms with E-state index in [2.05, 4.69) is 5.32 Å². The fraction of sp³-hybridized carbons (Fsp3) is 0.938. The molecule has 2 unspecified atom stereocenters. The third-order valence-electron chi connectivity index (χ3n) is 4.54. The summed E-state index contributed by atoms with van der Waals surface area (Å²) in [5, 5.41) is 3.02. The maximum absolute atomic E-state index is 12.0. The van der Waals surface area contributed by atoms with Crippen LogP contribution in [0.4, 0.5) is 0 Å². The van der Waals surface area contributed by atoms with Crippen molar-refractivity contribution in [2.24, 2.45) is 17.6 Å². The molecule has 1 aliphatic heterocycles. The van der Waals surface area contributed by atoms with Crippen molar-refractivity contribution in [2.75, 3.05) is 33.0 Å². The van der Waals surface area contributed by atoms with Gasteiger partial charge in [0.25, 0.3) is 0 Å². The first kappa shape index (κ1) is 19.7. The van der Waals surface area contributed by atoms with Crippen molar-refractivity contribution in [1.29, 1.82) is 0 Å². The fourth-order valence-corrected chi connectivity index (χ4v) is 3.16. The fourth-order valence-electron chi connectivity index (χ4n) is 3.16. The summed E-state index contributed by atoms with van der Waals surface area (Å²) in [6.45, 7) is 4.00. The Kier molecular flexibility index (Phi) is 10.0. The molecular weight excluding hydrogens is 304 g/mol. The number of ether oxygens (including phenoxy) is 2. The van der Waals surface area contributed by atoms with E-state index in [0.717, 1.165) is 71.4 Å². The monoisotopic (exact) mass is 334 g/mol.